The third-order valence-corrected chi connectivity index (χ3v) is 3.12. The van der Waals surface area contributed by atoms with Gasteiger partial charge in [-0.05, 0) is 19.1 Å². The van der Waals surface area contributed by atoms with E-state index in [1.165, 1.54) is 0 Å². The fraction of sp³-hybridized carbons (Fsp3) is 0.222. The van der Waals surface area contributed by atoms with Crippen LogP contribution in [0.25, 0.3) is 0 Å². The third kappa shape index (κ3) is 1.78. The van der Waals surface area contributed by atoms with Gasteiger partial charge in [-0.1, -0.05) is 42.2 Å². The zero-order valence-electron chi connectivity index (χ0n) is 7.23. The molecule has 0 aromatic heterocycles. The zero-order chi connectivity index (χ0) is 9.26. The smallest absolute Gasteiger partial charge is 0.154 e. The number of para-hydroxylation sites is 1. The summed E-state index contributed by atoms with van der Waals surface area (Å²) < 4.78 is 0.844. The monoisotopic (exact) mass is 210 g/mol. The number of nitrogens with one attached hydrogen (secondary N) is 1. The molecule has 4 heteroatoms. The van der Waals surface area contributed by atoms with Crippen LogP contribution in [-0.2, 0) is 0 Å². The Morgan fingerprint density at radius 3 is 2.62 bits per heavy atom. The second kappa shape index (κ2) is 3.55. The van der Waals surface area contributed by atoms with Crippen LogP contribution in [0.2, 0.25) is 0 Å². The summed E-state index contributed by atoms with van der Waals surface area (Å²) in [4.78, 5) is 0. The molecule has 1 saturated heterocycles. The molecule has 1 atom stereocenters. The second-order valence-corrected chi connectivity index (χ2v) is 4.81. The maximum absolute atomic E-state index is 5.08. The molecule has 1 aromatic rings. The van der Waals surface area contributed by atoms with Gasteiger partial charge in [-0.15, -0.1) is 0 Å². The minimum atomic E-state index is 0.370. The highest BCUT2D eigenvalue weighted by atomic mass is 32.2. The maximum Gasteiger partial charge on any atom is 0.154 e. The largest absolute Gasteiger partial charge is 0.281 e. The minimum absolute atomic E-state index is 0.370. The van der Waals surface area contributed by atoms with Crippen molar-refractivity contribution >= 4 is 34.0 Å². The van der Waals surface area contributed by atoms with Crippen LogP contribution in [0, 0.1) is 0 Å². The molecule has 13 heavy (non-hydrogen) atoms. The van der Waals surface area contributed by atoms with Crippen LogP contribution in [0.15, 0.2) is 30.3 Å². The first kappa shape index (κ1) is 8.84. The summed E-state index contributed by atoms with van der Waals surface area (Å²) >= 11 is 6.75. The number of nitrogens with zero attached hydrogens (tertiary/aromatic N) is 1. The molecule has 1 aliphatic heterocycles. The SMILES string of the molecule is C[C@@H]1SC(=S)NN1c1ccccc1. The predicted octanol–water partition coefficient (Wildman–Crippen LogP) is 2.38. The van der Waals surface area contributed by atoms with E-state index in [0.29, 0.717) is 5.37 Å². The van der Waals surface area contributed by atoms with Crippen LogP contribution >= 0.6 is 24.0 Å². The number of hydrogen-bond donors (Lipinski definition) is 1. The highest BCUT2D eigenvalue weighted by molar-refractivity contribution is 8.23. The summed E-state index contributed by atoms with van der Waals surface area (Å²) in [5.41, 5.74) is 4.30. The van der Waals surface area contributed by atoms with E-state index in [-0.39, 0.29) is 0 Å². The number of thiocarbonyl (C=S) groups is 1. The summed E-state index contributed by atoms with van der Waals surface area (Å²) in [6.45, 7) is 2.13. The maximum atomic E-state index is 5.08. The van der Waals surface area contributed by atoms with Crippen LogP contribution in [0.3, 0.4) is 0 Å². The van der Waals surface area contributed by atoms with E-state index >= 15 is 0 Å². The van der Waals surface area contributed by atoms with Gasteiger partial charge in [0.2, 0.25) is 0 Å². The standard InChI is InChI=1S/C9H10N2S2/c1-7-11(10-9(12)13-7)8-5-3-2-4-6-8/h2-7H,1H3,(H,10,12)/t7-/m0/s1. The quantitative estimate of drug-likeness (QED) is 0.715. The summed E-state index contributed by atoms with van der Waals surface area (Å²) in [6.07, 6.45) is 0. The predicted molar refractivity (Wildman–Crippen MR) is 61.7 cm³/mol. The van der Waals surface area contributed by atoms with Gasteiger partial charge in [-0.2, -0.15) is 0 Å². The summed E-state index contributed by atoms with van der Waals surface area (Å²) in [5, 5.41) is 2.45. The van der Waals surface area contributed by atoms with Gasteiger partial charge in [0.25, 0.3) is 0 Å². The molecule has 0 amide bonds. The summed E-state index contributed by atoms with van der Waals surface area (Å²) in [6, 6.07) is 10.2. The Hall–Kier alpha value is -0.740. The second-order valence-electron chi connectivity index (χ2n) is 2.82. The van der Waals surface area contributed by atoms with Gasteiger partial charge < -0.3 is 0 Å². The average molecular weight is 210 g/mol. The van der Waals surface area contributed by atoms with Crippen molar-refractivity contribution in [3.05, 3.63) is 30.3 Å². The van der Waals surface area contributed by atoms with E-state index in [9.17, 15) is 0 Å². The van der Waals surface area contributed by atoms with E-state index in [1.807, 2.05) is 18.2 Å². The minimum Gasteiger partial charge on any atom is -0.281 e. The van der Waals surface area contributed by atoms with Crippen LogP contribution < -0.4 is 10.4 Å². The van der Waals surface area contributed by atoms with Crippen molar-refractivity contribution < 1.29 is 0 Å². The highest BCUT2D eigenvalue weighted by Gasteiger charge is 2.24. The first-order valence-corrected chi connectivity index (χ1v) is 5.38. The van der Waals surface area contributed by atoms with Crippen molar-refractivity contribution in [1.29, 1.82) is 0 Å². The van der Waals surface area contributed by atoms with E-state index < -0.39 is 0 Å². The van der Waals surface area contributed by atoms with E-state index in [0.717, 1.165) is 10.0 Å². The first-order valence-electron chi connectivity index (χ1n) is 4.09. The Balaban J connectivity index is 2.23. The molecule has 0 radical (unpaired) electrons. The Labute approximate surface area is 87.3 Å². The van der Waals surface area contributed by atoms with Gasteiger partial charge in [0.05, 0.1) is 11.1 Å². The summed E-state index contributed by atoms with van der Waals surface area (Å²) in [7, 11) is 0. The zero-order valence-corrected chi connectivity index (χ0v) is 8.86. The molecule has 1 fully saturated rings. The molecule has 0 unspecified atom stereocenters. The van der Waals surface area contributed by atoms with Gasteiger partial charge in [0.15, 0.2) is 4.32 Å². The first-order chi connectivity index (χ1) is 6.27. The molecule has 1 aromatic carbocycles. The fourth-order valence-electron chi connectivity index (χ4n) is 1.29. The van der Waals surface area contributed by atoms with Crippen LogP contribution in [0.5, 0.6) is 0 Å². The molecule has 2 nitrogen and oxygen atoms in total. The van der Waals surface area contributed by atoms with Gasteiger partial charge in [0.1, 0.15) is 0 Å². The van der Waals surface area contributed by atoms with Crippen LogP contribution in [0.4, 0.5) is 5.69 Å². The fourth-order valence-corrected chi connectivity index (χ4v) is 2.54. The molecule has 1 heterocycles. The number of anilines is 1. The molecule has 68 valence electrons. The number of benzene rings is 1. The number of thioether (sulfide) groups is 1. The molecular weight excluding hydrogens is 200 g/mol. The average Bonchev–Trinajstić information content (AvgIpc) is 2.47. The van der Waals surface area contributed by atoms with Gasteiger partial charge >= 0.3 is 0 Å². The van der Waals surface area contributed by atoms with E-state index in [1.54, 1.807) is 11.8 Å². The molecular formula is C9H10N2S2. The van der Waals surface area contributed by atoms with Crippen molar-refractivity contribution in [3.63, 3.8) is 0 Å². The van der Waals surface area contributed by atoms with Gasteiger partial charge in [0, 0.05) is 0 Å². The van der Waals surface area contributed by atoms with Crippen LogP contribution in [0.1, 0.15) is 6.92 Å². The van der Waals surface area contributed by atoms with E-state index in [4.69, 9.17) is 12.2 Å². The Bertz CT molecular complexity index is 313. The molecule has 0 saturated carbocycles. The Kier molecular flexibility index (Phi) is 2.42. The van der Waals surface area contributed by atoms with Crippen molar-refractivity contribution in [3.8, 4) is 0 Å². The number of hydrogen-bond acceptors (Lipinski definition) is 3. The van der Waals surface area contributed by atoms with Crippen molar-refractivity contribution in [2.24, 2.45) is 0 Å². The lowest BCUT2D eigenvalue weighted by Crippen LogP contribution is -2.36. The van der Waals surface area contributed by atoms with E-state index in [2.05, 4.69) is 29.5 Å². The Morgan fingerprint density at radius 1 is 1.38 bits per heavy atom. The number of hydrazine groups is 1. The van der Waals surface area contributed by atoms with Crippen LogP contribution in [-0.4, -0.2) is 9.69 Å². The number of rotatable bonds is 1. The molecule has 2 rings (SSSR count). The molecule has 0 aliphatic carbocycles. The molecule has 0 spiro atoms. The van der Waals surface area contributed by atoms with Crippen molar-refractivity contribution in [2.45, 2.75) is 12.3 Å². The van der Waals surface area contributed by atoms with Gasteiger partial charge in [-0.25, -0.2) is 0 Å². The summed E-state index contributed by atoms with van der Waals surface area (Å²) in [5.74, 6) is 0. The van der Waals surface area contributed by atoms with Gasteiger partial charge in [-0.3, -0.25) is 10.4 Å². The highest BCUT2D eigenvalue weighted by Crippen LogP contribution is 2.27. The lowest BCUT2D eigenvalue weighted by Gasteiger charge is -2.21. The topological polar surface area (TPSA) is 15.3 Å². The third-order valence-electron chi connectivity index (χ3n) is 1.89. The lowest BCUT2D eigenvalue weighted by molar-refractivity contribution is 0.789. The lowest BCUT2D eigenvalue weighted by atomic mass is 10.3. The van der Waals surface area contributed by atoms with Crippen molar-refractivity contribution in [1.82, 2.24) is 5.43 Å². The normalized spacial score (nSPS) is 21.8. The Morgan fingerprint density at radius 2 is 2.08 bits per heavy atom. The van der Waals surface area contributed by atoms with Crippen molar-refractivity contribution in [2.75, 3.05) is 5.01 Å². The molecule has 1 aliphatic rings. The molecule has 1 N–H and O–H groups in total. The molecule has 0 bridgehead atoms.